The Bertz CT molecular complexity index is 659. The number of rotatable bonds is 9. The van der Waals surface area contributed by atoms with E-state index >= 15 is 0 Å². The summed E-state index contributed by atoms with van der Waals surface area (Å²) in [5.74, 6) is -0.0497. The second kappa shape index (κ2) is 10.2. The van der Waals surface area contributed by atoms with E-state index in [4.69, 9.17) is 0 Å². The van der Waals surface area contributed by atoms with Crippen LogP contribution in [0, 0.1) is 0 Å². The van der Waals surface area contributed by atoms with Gasteiger partial charge < -0.3 is 10.2 Å². The van der Waals surface area contributed by atoms with Crippen molar-refractivity contribution in [2.75, 3.05) is 13.1 Å². The average Bonchev–Trinajstić information content (AvgIpc) is 2.64. The van der Waals surface area contributed by atoms with Crippen molar-refractivity contribution in [3.8, 4) is 0 Å². The molecule has 2 aromatic rings. The monoisotopic (exact) mass is 339 g/mol. The van der Waals surface area contributed by atoms with E-state index in [9.17, 15) is 9.59 Å². The maximum absolute atomic E-state index is 12.0. The number of carbonyl (C=O) groups excluding carboxylic acids is 2. The van der Waals surface area contributed by atoms with Gasteiger partial charge in [-0.2, -0.15) is 0 Å². The third-order valence-electron chi connectivity index (χ3n) is 4.00. The van der Waals surface area contributed by atoms with E-state index in [0.29, 0.717) is 26.1 Å². The molecule has 2 amide bonds. The Balaban J connectivity index is 1.69. The van der Waals surface area contributed by atoms with Gasteiger partial charge in [-0.15, -0.1) is 0 Å². The molecule has 1 heterocycles. The van der Waals surface area contributed by atoms with Crippen LogP contribution >= 0.6 is 0 Å². The molecule has 1 N–H and O–H groups in total. The van der Waals surface area contributed by atoms with Crippen LogP contribution in [0.3, 0.4) is 0 Å². The Kier molecular flexibility index (Phi) is 7.63. The molecular formula is C20H25N3O2. The topological polar surface area (TPSA) is 62.3 Å². The van der Waals surface area contributed by atoms with Crippen molar-refractivity contribution in [3.63, 3.8) is 0 Å². The SMILES string of the molecule is CC(=O)N(CCCc1ccccc1)CCC(=O)NCc1cccnc1. The summed E-state index contributed by atoms with van der Waals surface area (Å²) in [4.78, 5) is 29.5. The van der Waals surface area contributed by atoms with E-state index in [1.165, 1.54) is 5.56 Å². The molecule has 1 aromatic heterocycles. The Morgan fingerprint density at radius 2 is 1.80 bits per heavy atom. The van der Waals surface area contributed by atoms with Crippen LogP contribution in [0.4, 0.5) is 0 Å². The molecule has 0 unspecified atom stereocenters. The molecule has 0 aliphatic rings. The van der Waals surface area contributed by atoms with Crippen molar-refractivity contribution in [1.82, 2.24) is 15.2 Å². The van der Waals surface area contributed by atoms with E-state index in [1.54, 1.807) is 24.2 Å². The van der Waals surface area contributed by atoms with E-state index in [0.717, 1.165) is 18.4 Å². The predicted octanol–water partition coefficient (Wildman–Crippen LogP) is 2.57. The normalized spacial score (nSPS) is 10.3. The molecule has 0 aliphatic heterocycles. The fraction of sp³-hybridized carbons (Fsp3) is 0.350. The lowest BCUT2D eigenvalue weighted by Gasteiger charge is -2.20. The Morgan fingerprint density at radius 3 is 2.48 bits per heavy atom. The predicted molar refractivity (Wildman–Crippen MR) is 97.7 cm³/mol. The molecule has 132 valence electrons. The van der Waals surface area contributed by atoms with Crippen LogP contribution in [0.5, 0.6) is 0 Å². The number of nitrogens with one attached hydrogen (secondary N) is 1. The Hall–Kier alpha value is -2.69. The third-order valence-corrected chi connectivity index (χ3v) is 4.00. The third kappa shape index (κ3) is 7.16. The van der Waals surface area contributed by atoms with Gasteiger partial charge in [0.15, 0.2) is 0 Å². The minimum atomic E-state index is -0.0573. The fourth-order valence-corrected chi connectivity index (χ4v) is 2.57. The molecule has 0 saturated heterocycles. The highest BCUT2D eigenvalue weighted by molar-refractivity contribution is 5.78. The first-order valence-electron chi connectivity index (χ1n) is 8.60. The molecule has 25 heavy (non-hydrogen) atoms. The van der Waals surface area contributed by atoms with E-state index in [1.807, 2.05) is 30.3 Å². The fourth-order valence-electron chi connectivity index (χ4n) is 2.57. The molecular weight excluding hydrogens is 314 g/mol. The van der Waals surface area contributed by atoms with Gasteiger partial charge in [-0.1, -0.05) is 36.4 Å². The number of carbonyl (C=O) groups is 2. The summed E-state index contributed by atoms with van der Waals surface area (Å²) in [5.41, 5.74) is 2.22. The van der Waals surface area contributed by atoms with Crippen molar-refractivity contribution in [1.29, 1.82) is 0 Å². The number of amides is 2. The van der Waals surface area contributed by atoms with Gasteiger partial charge in [-0.3, -0.25) is 14.6 Å². The van der Waals surface area contributed by atoms with Gasteiger partial charge >= 0.3 is 0 Å². The first-order chi connectivity index (χ1) is 12.1. The Labute approximate surface area is 149 Å². The van der Waals surface area contributed by atoms with Crippen LogP contribution in [-0.4, -0.2) is 34.8 Å². The summed E-state index contributed by atoms with van der Waals surface area (Å²) in [6, 6.07) is 14.0. The van der Waals surface area contributed by atoms with Crippen LogP contribution in [0.2, 0.25) is 0 Å². The number of hydrogen-bond donors (Lipinski definition) is 1. The highest BCUT2D eigenvalue weighted by Gasteiger charge is 2.11. The second-order valence-electron chi connectivity index (χ2n) is 5.98. The number of hydrogen-bond acceptors (Lipinski definition) is 3. The molecule has 5 nitrogen and oxygen atoms in total. The van der Waals surface area contributed by atoms with Gasteiger partial charge in [0.05, 0.1) is 0 Å². The summed E-state index contributed by atoms with van der Waals surface area (Å²) in [5, 5.41) is 2.86. The second-order valence-corrected chi connectivity index (χ2v) is 5.98. The standard InChI is InChI=1S/C20H25N3O2/c1-17(24)23(13-6-10-18-7-3-2-4-8-18)14-11-20(25)22-16-19-9-5-12-21-15-19/h2-5,7-9,12,15H,6,10-11,13-14,16H2,1H3,(H,22,25). The lowest BCUT2D eigenvalue weighted by Crippen LogP contribution is -2.34. The van der Waals surface area contributed by atoms with Gasteiger partial charge in [-0.05, 0) is 30.0 Å². The molecule has 0 atom stereocenters. The lowest BCUT2D eigenvalue weighted by atomic mass is 10.1. The van der Waals surface area contributed by atoms with Gasteiger partial charge in [0.25, 0.3) is 0 Å². The number of benzene rings is 1. The lowest BCUT2D eigenvalue weighted by molar-refractivity contribution is -0.129. The van der Waals surface area contributed by atoms with Crippen molar-refractivity contribution < 1.29 is 9.59 Å². The number of nitrogens with zero attached hydrogens (tertiary/aromatic N) is 2. The summed E-state index contributed by atoms with van der Waals surface area (Å²) in [7, 11) is 0. The van der Waals surface area contributed by atoms with Crippen LogP contribution in [-0.2, 0) is 22.6 Å². The molecule has 1 aromatic carbocycles. The molecule has 0 radical (unpaired) electrons. The maximum atomic E-state index is 12.0. The first kappa shape index (κ1) is 18.6. The molecule has 0 bridgehead atoms. The highest BCUT2D eigenvalue weighted by Crippen LogP contribution is 2.04. The summed E-state index contributed by atoms with van der Waals surface area (Å²) in [6.07, 6.45) is 5.56. The largest absolute Gasteiger partial charge is 0.352 e. The van der Waals surface area contributed by atoms with E-state index in [-0.39, 0.29) is 11.8 Å². The minimum Gasteiger partial charge on any atom is -0.352 e. The van der Waals surface area contributed by atoms with E-state index < -0.39 is 0 Å². The zero-order valence-corrected chi connectivity index (χ0v) is 14.6. The minimum absolute atomic E-state index is 0.00752. The number of aromatic nitrogens is 1. The number of aryl methyl sites for hydroxylation is 1. The number of pyridine rings is 1. The molecule has 0 spiro atoms. The molecule has 0 fully saturated rings. The first-order valence-corrected chi connectivity index (χ1v) is 8.60. The van der Waals surface area contributed by atoms with Crippen LogP contribution < -0.4 is 5.32 Å². The van der Waals surface area contributed by atoms with Gasteiger partial charge in [-0.25, -0.2) is 0 Å². The summed E-state index contributed by atoms with van der Waals surface area (Å²) >= 11 is 0. The summed E-state index contributed by atoms with van der Waals surface area (Å²) < 4.78 is 0. The van der Waals surface area contributed by atoms with Gasteiger partial charge in [0.2, 0.25) is 11.8 Å². The van der Waals surface area contributed by atoms with E-state index in [2.05, 4.69) is 22.4 Å². The maximum Gasteiger partial charge on any atom is 0.222 e. The smallest absolute Gasteiger partial charge is 0.222 e. The zero-order chi connectivity index (χ0) is 17.9. The van der Waals surface area contributed by atoms with Crippen molar-refractivity contribution >= 4 is 11.8 Å². The van der Waals surface area contributed by atoms with Gasteiger partial charge in [0.1, 0.15) is 0 Å². The quantitative estimate of drug-likeness (QED) is 0.764. The van der Waals surface area contributed by atoms with Crippen LogP contribution in [0.1, 0.15) is 30.9 Å². The van der Waals surface area contributed by atoms with Crippen LogP contribution in [0.25, 0.3) is 0 Å². The highest BCUT2D eigenvalue weighted by atomic mass is 16.2. The van der Waals surface area contributed by atoms with Crippen molar-refractivity contribution in [2.24, 2.45) is 0 Å². The Morgan fingerprint density at radius 1 is 1.04 bits per heavy atom. The van der Waals surface area contributed by atoms with Gasteiger partial charge in [0, 0.05) is 45.4 Å². The molecule has 0 saturated carbocycles. The molecule has 0 aliphatic carbocycles. The zero-order valence-electron chi connectivity index (χ0n) is 14.6. The average molecular weight is 339 g/mol. The molecule has 5 heteroatoms. The van der Waals surface area contributed by atoms with Crippen LogP contribution in [0.15, 0.2) is 54.9 Å². The molecule has 2 rings (SSSR count). The summed E-state index contributed by atoms with van der Waals surface area (Å²) in [6.45, 7) is 3.12. The van der Waals surface area contributed by atoms with Crippen molar-refractivity contribution in [2.45, 2.75) is 32.7 Å². The van der Waals surface area contributed by atoms with Crippen molar-refractivity contribution in [3.05, 3.63) is 66.0 Å².